The summed E-state index contributed by atoms with van der Waals surface area (Å²) in [6.07, 6.45) is -0.551. The number of aromatic nitrogens is 3. The molecule has 1 unspecified atom stereocenters. The van der Waals surface area contributed by atoms with Crippen molar-refractivity contribution in [3.8, 4) is 23.2 Å². The van der Waals surface area contributed by atoms with E-state index in [0.717, 1.165) is 18.2 Å². The summed E-state index contributed by atoms with van der Waals surface area (Å²) < 4.78 is 63.9. The van der Waals surface area contributed by atoms with Crippen LogP contribution in [0.25, 0.3) is 22.3 Å². The average molecular weight is 700 g/mol. The minimum Gasteiger partial charge on any atom is -0.473 e. The molecule has 1 aliphatic heterocycles. The number of fused-ring (bicyclic) bond motifs is 1. The van der Waals surface area contributed by atoms with Gasteiger partial charge >= 0.3 is 5.97 Å². The Balaban J connectivity index is 0.00000248. The number of carbonyl (C=O) groups is 2. The zero-order chi connectivity index (χ0) is 36.8. The molecule has 10 nitrogen and oxygen atoms in total. The fraction of sp³-hybridized carbons (Fsp3) is 0.289. The minimum absolute atomic E-state index is 0.0186. The fourth-order valence-electron chi connectivity index (χ4n) is 6.00. The average Bonchev–Trinajstić information content (AvgIpc) is 3.73. The predicted molar refractivity (Wildman–Crippen MR) is 182 cm³/mol. The molecule has 0 spiro atoms. The molecule has 13 heteroatoms. The second-order valence-electron chi connectivity index (χ2n) is 11.5. The predicted octanol–water partition coefficient (Wildman–Crippen LogP) is 6.79. The summed E-state index contributed by atoms with van der Waals surface area (Å²) in [5, 5.41) is 8.95. The van der Waals surface area contributed by atoms with Gasteiger partial charge in [0.1, 0.15) is 29.9 Å². The van der Waals surface area contributed by atoms with Gasteiger partial charge in [0.05, 0.1) is 53.2 Å². The van der Waals surface area contributed by atoms with E-state index in [1.54, 1.807) is 29.2 Å². The second-order valence-corrected chi connectivity index (χ2v) is 11.5. The van der Waals surface area contributed by atoms with Crippen molar-refractivity contribution >= 4 is 22.9 Å². The molecule has 0 N–H and O–H groups in total. The van der Waals surface area contributed by atoms with Gasteiger partial charge in [-0.05, 0) is 54.1 Å². The first-order valence-electron chi connectivity index (χ1n) is 16.2. The molecule has 3 aromatic carbocycles. The lowest BCUT2D eigenvalue weighted by atomic mass is 10.0. The summed E-state index contributed by atoms with van der Waals surface area (Å²) in [5.74, 6) is -2.31. The van der Waals surface area contributed by atoms with Crippen molar-refractivity contribution < 1.29 is 37.0 Å². The van der Waals surface area contributed by atoms with Gasteiger partial charge in [0, 0.05) is 50.7 Å². The Kier molecular flexibility index (Phi) is 11.4. The summed E-state index contributed by atoms with van der Waals surface area (Å²) in [6.45, 7) is 5.87. The van der Waals surface area contributed by atoms with Crippen LogP contribution in [0.5, 0.6) is 5.88 Å². The van der Waals surface area contributed by atoms with Crippen molar-refractivity contribution in [2.24, 2.45) is 0 Å². The Morgan fingerprint density at radius 1 is 0.922 bits per heavy atom. The molecule has 5 aromatic rings. The number of carbonyl (C=O) groups excluding carboxylic acids is 2. The van der Waals surface area contributed by atoms with Gasteiger partial charge in [-0.2, -0.15) is 5.26 Å². The molecule has 1 aliphatic rings. The van der Waals surface area contributed by atoms with Crippen LogP contribution >= 0.6 is 0 Å². The molecule has 264 valence electrons. The molecule has 0 saturated carbocycles. The third-order valence-corrected chi connectivity index (χ3v) is 8.54. The monoisotopic (exact) mass is 699 g/mol. The Morgan fingerprint density at radius 3 is 2.37 bits per heavy atom. The van der Waals surface area contributed by atoms with Crippen molar-refractivity contribution in [1.29, 1.82) is 5.26 Å². The van der Waals surface area contributed by atoms with Crippen LogP contribution < -0.4 is 4.74 Å². The van der Waals surface area contributed by atoms with Crippen molar-refractivity contribution in [3.05, 3.63) is 112 Å². The van der Waals surface area contributed by atoms with Gasteiger partial charge in [0.25, 0.3) is 0 Å². The number of methoxy groups -OCH3 is 2. The summed E-state index contributed by atoms with van der Waals surface area (Å²) in [7, 11) is 2.81. The van der Waals surface area contributed by atoms with Crippen LogP contribution in [0.3, 0.4) is 0 Å². The van der Waals surface area contributed by atoms with E-state index in [9.17, 15) is 14.0 Å². The highest BCUT2D eigenvalue weighted by Gasteiger charge is 2.37. The number of rotatable bonds is 9. The lowest BCUT2D eigenvalue weighted by molar-refractivity contribution is -0.128. The number of imidazole rings is 1. The van der Waals surface area contributed by atoms with E-state index in [0.29, 0.717) is 23.4 Å². The van der Waals surface area contributed by atoms with Gasteiger partial charge < -0.3 is 23.7 Å². The quantitative estimate of drug-likeness (QED) is 0.154. The molecule has 3 heterocycles. The van der Waals surface area contributed by atoms with E-state index in [1.807, 2.05) is 24.5 Å². The first-order valence-corrected chi connectivity index (χ1v) is 16.2. The van der Waals surface area contributed by atoms with E-state index in [-0.39, 0.29) is 64.9 Å². The van der Waals surface area contributed by atoms with Gasteiger partial charge in [0.2, 0.25) is 11.8 Å². The number of ether oxygens (including phenoxy) is 3. The van der Waals surface area contributed by atoms with Gasteiger partial charge in [-0.1, -0.05) is 26.0 Å². The van der Waals surface area contributed by atoms with Crippen LogP contribution in [0.15, 0.2) is 66.7 Å². The fourth-order valence-corrected chi connectivity index (χ4v) is 6.00. The van der Waals surface area contributed by atoms with E-state index in [2.05, 4.69) is 4.98 Å². The van der Waals surface area contributed by atoms with E-state index >= 15 is 8.78 Å². The lowest BCUT2D eigenvalue weighted by Crippen LogP contribution is -2.27. The minimum atomic E-state index is -0.742. The number of benzene rings is 3. The van der Waals surface area contributed by atoms with Crippen molar-refractivity contribution in [1.82, 2.24) is 19.4 Å². The Bertz CT molecular complexity index is 2130. The largest absolute Gasteiger partial charge is 0.473 e. The van der Waals surface area contributed by atoms with E-state index in [1.165, 1.54) is 45.4 Å². The topological polar surface area (TPSA) is 120 Å². The molecule has 51 heavy (non-hydrogen) atoms. The number of likely N-dealkylation sites (tertiary alicyclic amines) is 1. The second kappa shape index (κ2) is 15.9. The number of nitrogens with zero attached hydrogens (tertiary/aromatic N) is 5. The maximum atomic E-state index is 15.8. The number of amides is 1. The van der Waals surface area contributed by atoms with Crippen molar-refractivity contribution in [2.75, 3.05) is 27.3 Å². The highest BCUT2D eigenvalue weighted by Crippen LogP contribution is 2.33. The highest BCUT2D eigenvalue weighted by atomic mass is 19.1. The van der Waals surface area contributed by atoms with Crippen LogP contribution in [-0.4, -0.2) is 64.7 Å². The van der Waals surface area contributed by atoms with E-state index in [4.69, 9.17) is 24.5 Å². The summed E-state index contributed by atoms with van der Waals surface area (Å²) in [6, 6.07) is 17.0. The number of nitriles is 1. The molecular formula is C38H36F3N5O5. The van der Waals surface area contributed by atoms with Gasteiger partial charge in [-0.15, -0.1) is 0 Å². The number of esters is 1. The third-order valence-electron chi connectivity index (χ3n) is 8.54. The number of pyridine rings is 1. The van der Waals surface area contributed by atoms with Crippen molar-refractivity contribution in [2.45, 2.75) is 45.9 Å². The first-order chi connectivity index (χ1) is 24.6. The SMILES string of the molecule is CC.COC(=O)c1ccc2nc(Cc3cc(F)c(-c4cccc(OCc5ccc(C#N)cc5F)n4)cc3F)n(C3CN(C(C)=O)C[C@@H]3OC)c2c1. The molecule has 0 aliphatic carbocycles. The molecule has 0 bridgehead atoms. The molecule has 2 atom stereocenters. The van der Waals surface area contributed by atoms with Crippen LogP contribution in [0.4, 0.5) is 13.2 Å². The Morgan fingerprint density at radius 2 is 1.69 bits per heavy atom. The maximum absolute atomic E-state index is 15.8. The lowest BCUT2D eigenvalue weighted by Gasteiger charge is -2.22. The van der Waals surface area contributed by atoms with Crippen LogP contribution in [0, 0.1) is 28.8 Å². The van der Waals surface area contributed by atoms with Crippen molar-refractivity contribution in [3.63, 3.8) is 0 Å². The van der Waals surface area contributed by atoms with Gasteiger partial charge in [-0.3, -0.25) is 4.79 Å². The zero-order valence-electron chi connectivity index (χ0n) is 28.7. The molecule has 1 fully saturated rings. The summed E-state index contributed by atoms with van der Waals surface area (Å²) in [4.78, 5) is 35.3. The summed E-state index contributed by atoms with van der Waals surface area (Å²) >= 11 is 0. The number of hydrogen-bond donors (Lipinski definition) is 0. The molecule has 6 rings (SSSR count). The normalized spacial score (nSPS) is 15.2. The van der Waals surface area contributed by atoms with Crippen LogP contribution in [0.2, 0.25) is 0 Å². The zero-order valence-corrected chi connectivity index (χ0v) is 28.7. The third kappa shape index (κ3) is 7.71. The number of halogens is 3. The van der Waals surface area contributed by atoms with Crippen LogP contribution in [-0.2, 0) is 27.3 Å². The highest BCUT2D eigenvalue weighted by molar-refractivity contribution is 5.93. The maximum Gasteiger partial charge on any atom is 0.337 e. The first kappa shape index (κ1) is 36.5. The van der Waals surface area contributed by atoms with Crippen LogP contribution in [0.1, 0.15) is 59.7 Å². The molecule has 0 radical (unpaired) electrons. The van der Waals surface area contributed by atoms with Gasteiger partial charge in [0.15, 0.2) is 0 Å². The van der Waals surface area contributed by atoms with E-state index < -0.39 is 35.6 Å². The molecule has 1 saturated heterocycles. The van der Waals surface area contributed by atoms with Gasteiger partial charge in [-0.25, -0.2) is 27.9 Å². The Hall–Kier alpha value is -5.74. The molecular weight excluding hydrogens is 663 g/mol. The Labute approximate surface area is 293 Å². The summed E-state index contributed by atoms with van der Waals surface area (Å²) in [5.41, 5.74) is 1.72. The molecule has 2 aromatic heterocycles. The molecule has 1 amide bonds. The smallest absolute Gasteiger partial charge is 0.337 e. The number of hydrogen-bond acceptors (Lipinski definition) is 8. The standard InChI is InChI=1S/C36H30F3N5O5.C2H6/c1-20(45)43-17-32(33(18-43)47-2)44-31-13-22(36(46)48-3)9-10-30(31)41-34(44)14-24-12-28(39)25(15-27(24)38)29-5-4-6-35(42-29)49-19-23-8-7-21(16-40)11-26(23)37;1-2/h4-13,15,32-33H,14,17-19H2,1-3H3;1-2H3/t32?,33-;/m0./s1.